The van der Waals surface area contributed by atoms with Gasteiger partial charge in [-0.3, -0.25) is 4.55 Å². The van der Waals surface area contributed by atoms with E-state index in [2.05, 4.69) is 0 Å². The van der Waals surface area contributed by atoms with Crippen LogP contribution < -0.4 is 4.72 Å². The highest BCUT2D eigenvalue weighted by molar-refractivity contribution is 7.83. The number of unbranched alkanes of at least 4 members (excludes halogenated alkanes) is 1. The van der Waals surface area contributed by atoms with Gasteiger partial charge in [-0.05, 0) is 24.1 Å². The fourth-order valence-electron chi connectivity index (χ4n) is 1.92. The van der Waals surface area contributed by atoms with Gasteiger partial charge in [0.2, 0.25) is 0 Å². The first-order chi connectivity index (χ1) is 9.21. The number of carboxylic acid groups (broad SMARTS) is 1. The van der Waals surface area contributed by atoms with Crippen molar-refractivity contribution in [2.45, 2.75) is 31.7 Å². The third-order valence-corrected chi connectivity index (χ3v) is 3.52. The average Bonchev–Trinajstić information content (AvgIpc) is 2.33. The van der Waals surface area contributed by atoms with Crippen molar-refractivity contribution >= 4 is 16.3 Å². The second kappa shape index (κ2) is 6.29. The largest absolute Gasteiger partial charge is 0.480 e. The predicted molar refractivity (Wildman–Crippen MR) is 69.9 cm³/mol. The molecule has 0 aliphatic rings. The van der Waals surface area contributed by atoms with E-state index in [0.29, 0.717) is 12.8 Å². The van der Waals surface area contributed by atoms with Crippen LogP contribution >= 0.6 is 0 Å². The number of nitrogens with one attached hydrogen (secondary N) is 1. The lowest BCUT2D eigenvalue weighted by Gasteiger charge is -2.29. The summed E-state index contributed by atoms with van der Waals surface area (Å²) in [5.41, 5.74) is -1.96. The average molecular weight is 305 g/mol. The van der Waals surface area contributed by atoms with Gasteiger partial charge in [-0.15, -0.1) is 0 Å². The number of benzene rings is 1. The smallest absolute Gasteiger partial charge is 0.334 e. The van der Waals surface area contributed by atoms with Crippen LogP contribution in [0.3, 0.4) is 0 Å². The fourth-order valence-corrected chi connectivity index (χ4v) is 2.67. The van der Waals surface area contributed by atoms with Crippen LogP contribution in [-0.4, -0.2) is 24.0 Å². The fraction of sp³-hybridized carbons (Fsp3) is 0.417. The van der Waals surface area contributed by atoms with Crippen molar-refractivity contribution in [2.24, 2.45) is 0 Å². The molecule has 6 nitrogen and oxygen atoms in total. The van der Waals surface area contributed by atoms with Crippen LogP contribution in [0.25, 0.3) is 0 Å². The van der Waals surface area contributed by atoms with E-state index in [1.807, 2.05) is 6.92 Å². The lowest BCUT2D eigenvalue weighted by molar-refractivity contribution is -0.145. The van der Waals surface area contributed by atoms with Crippen LogP contribution in [0.2, 0.25) is 0 Å². The summed E-state index contributed by atoms with van der Waals surface area (Å²) in [7, 11) is -4.74. The zero-order valence-electron chi connectivity index (χ0n) is 10.8. The van der Waals surface area contributed by atoms with Gasteiger partial charge in [0, 0.05) is 0 Å². The molecule has 1 rings (SSSR count). The molecule has 1 aromatic rings. The molecule has 3 N–H and O–H groups in total. The topological polar surface area (TPSA) is 104 Å². The Morgan fingerprint density at radius 2 is 1.90 bits per heavy atom. The lowest BCUT2D eigenvalue weighted by atomic mass is 9.86. The van der Waals surface area contributed by atoms with Crippen molar-refractivity contribution in [1.82, 2.24) is 4.72 Å². The molecule has 0 aromatic heterocycles. The normalized spacial score (nSPS) is 14.8. The number of hydrogen-bond acceptors (Lipinski definition) is 3. The third-order valence-electron chi connectivity index (χ3n) is 2.91. The Bertz CT molecular complexity index is 572. The predicted octanol–water partition coefficient (Wildman–Crippen LogP) is 1.69. The van der Waals surface area contributed by atoms with Gasteiger partial charge in [-0.25, -0.2) is 9.18 Å². The molecule has 0 spiro atoms. The molecule has 0 amide bonds. The third kappa shape index (κ3) is 3.99. The maximum Gasteiger partial charge on any atom is 0.334 e. The van der Waals surface area contributed by atoms with E-state index in [0.717, 1.165) is 12.1 Å². The van der Waals surface area contributed by atoms with Gasteiger partial charge in [-0.1, -0.05) is 31.9 Å². The van der Waals surface area contributed by atoms with E-state index in [4.69, 9.17) is 4.55 Å². The first-order valence-electron chi connectivity index (χ1n) is 5.97. The monoisotopic (exact) mass is 305 g/mol. The standard InChI is InChI=1S/C12H16FNO5S/c1-2-3-8-12(11(15)16,14-20(17,18)19)9-4-6-10(13)7-5-9/h4-7,14H,2-3,8H2,1H3,(H,15,16)(H,17,18,19). The zero-order chi connectivity index (χ0) is 15.4. The van der Waals surface area contributed by atoms with Crippen LogP contribution in [-0.2, 0) is 20.6 Å². The van der Waals surface area contributed by atoms with Gasteiger partial charge in [0.05, 0.1) is 0 Å². The molecule has 0 aliphatic heterocycles. The molecule has 8 heteroatoms. The van der Waals surface area contributed by atoms with E-state index in [9.17, 15) is 22.7 Å². The SMILES string of the molecule is CCCCC(NS(=O)(=O)O)(C(=O)O)c1ccc(F)cc1. The summed E-state index contributed by atoms with van der Waals surface area (Å²) >= 11 is 0. The maximum absolute atomic E-state index is 12.9. The van der Waals surface area contributed by atoms with Crippen molar-refractivity contribution in [2.75, 3.05) is 0 Å². The van der Waals surface area contributed by atoms with Crippen LogP contribution in [0.1, 0.15) is 31.7 Å². The number of halogens is 1. The summed E-state index contributed by atoms with van der Waals surface area (Å²) in [5, 5.41) is 9.40. The molecule has 1 unspecified atom stereocenters. The Morgan fingerprint density at radius 1 is 1.35 bits per heavy atom. The number of carbonyl (C=O) groups is 1. The minimum atomic E-state index is -4.74. The van der Waals surface area contributed by atoms with Crippen molar-refractivity contribution in [3.05, 3.63) is 35.6 Å². The minimum Gasteiger partial charge on any atom is -0.480 e. The number of carboxylic acids is 1. The molecular formula is C12H16FNO5S. The van der Waals surface area contributed by atoms with Crippen molar-refractivity contribution in [3.63, 3.8) is 0 Å². The first kappa shape index (κ1) is 16.5. The van der Waals surface area contributed by atoms with Gasteiger partial charge in [0.1, 0.15) is 5.82 Å². The number of hydrogen-bond donors (Lipinski definition) is 3. The lowest BCUT2D eigenvalue weighted by Crippen LogP contribution is -2.51. The molecule has 0 fully saturated rings. The molecule has 0 bridgehead atoms. The second-order valence-electron chi connectivity index (χ2n) is 4.40. The molecule has 0 saturated carbocycles. The Labute approximate surface area is 116 Å². The highest BCUT2D eigenvalue weighted by Gasteiger charge is 2.43. The summed E-state index contributed by atoms with van der Waals surface area (Å²) in [6, 6.07) is 4.42. The number of rotatable bonds is 7. The van der Waals surface area contributed by atoms with Crippen LogP contribution in [0, 0.1) is 5.82 Å². The van der Waals surface area contributed by atoms with Crippen molar-refractivity contribution in [3.8, 4) is 0 Å². The molecule has 112 valence electrons. The Hall–Kier alpha value is -1.51. The Morgan fingerprint density at radius 3 is 2.30 bits per heavy atom. The highest BCUT2D eigenvalue weighted by Crippen LogP contribution is 2.29. The zero-order valence-corrected chi connectivity index (χ0v) is 11.7. The van der Waals surface area contributed by atoms with Gasteiger partial charge >= 0.3 is 16.3 Å². The van der Waals surface area contributed by atoms with Crippen LogP contribution in [0.5, 0.6) is 0 Å². The number of aliphatic carboxylic acids is 1. The first-order valence-corrected chi connectivity index (χ1v) is 7.41. The molecule has 20 heavy (non-hydrogen) atoms. The molecular weight excluding hydrogens is 289 g/mol. The maximum atomic E-state index is 12.9. The van der Waals surface area contributed by atoms with Gasteiger partial charge in [-0.2, -0.15) is 13.1 Å². The summed E-state index contributed by atoms with van der Waals surface area (Å²) < 4.78 is 45.7. The van der Waals surface area contributed by atoms with E-state index < -0.39 is 27.6 Å². The highest BCUT2D eigenvalue weighted by atomic mass is 32.2. The Kier molecular flexibility index (Phi) is 5.21. The van der Waals surface area contributed by atoms with E-state index in [1.165, 1.54) is 12.1 Å². The summed E-state index contributed by atoms with van der Waals surface area (Å²) in [4.78, 5) is 11.6. The van der Waals surface area contributed by atoms with Gasteiger partial charge in [0.15, 0.2) is 5.54 Å². The Balaban J connectivity index is 3.35. The summed E-state index contributed by atoms with van der Waals surface area (Å²) in [6.07, 6.45) is 0.972. The van der Waals surface area contributed by atoms with E-state index in [-0.39, 0.29) is 12.0 Å². The molecule has 0 saturated heterocycles. The van der Waals surface area contributed by atoms with Gasteiger partial charge in [0.25, 0.3) is 0 Å². The second-order valence-corrected chi connectivity index (χ2v) is 5.55. The quantitative estimate of drug-likeness (QED) is 0.665. The molecule has 1 aromatic carbocycles. The summed E-state index contributed by atoms with van der Waals surface area (Å²) in [6.45, 7) is 1.81. The van der Waals surface area contributed by atoms with E-state index >= 15 is 0 Å². The molecule has 0 heterocycles. The molecule has 1 atom stereocenters. The minimum absolute atomic E-state index is 0.0532. The van der Waals surface area contributed by atoms with Crippen molar-refractivity contribution in [1.29, 1.82) is 0 Å². The summed E-state index contributed by atoms with van der Waals surface area (Å²) in [5.74, 6) is -2.04. The van der Waals surface area contributed by atoms with Crippen molar-refractivity contribution < 1.29 is 27.3 Å². The van der Waals surface area contributed by atoms with Gasteiger partial charge < -0.3 is 5.11 Å². The van der Waals surface area contributed by atoms with Crippen LogP contribution in [0.15, 0.2) is 24.3 Å². The molecule has 0 aliphatic carbocycles. The molecule has 0 radical (unpaired) electrons. The van der Waals surface area contributed by atoms with Crippen LogP contribution in [0.4, 0.5) is 4.39 Å². The van der Waals surface area contributed by atoms with E-state index in [1.54, 1.807) is 4.72 Å².